The molecule has 0 bridgehead atoms. The molecular formula is C24H42O4. The second kappa shape index (κ2) is 9.17. The van der Waals surface area contributed by atoms with Crippen LogP contribution < -0.4 is 0 Å². The van der Waals surface area contributed by atoms with Crippen molar-refractivity contribution in [1.82, 2.24) is 0 Å². The summed E-state index contributed by atoms with van der Waals surface area (Å²) in [5, 5.41) is 0. The number of ether oxygens (including phenoxy) is 2. The first kappa shape index (κ1) is 23.2. The molecule has 162 valence electrons. The number of hydrogen-bond donors (Lipinski definition) is 0. The molecule has 0 aromatic heterocycles. The van der Waals surface area contributed by atoms with Gasteiger partial charge >= 0.3 is 11.9 Å². The van der Waals surface area contributed by atoms with Crippen molar-refractivity contribution in [3.05, 3.63) is 0 Å². The van der Waals surface area contributed by atoms with E-state index in [4.69, 9.17) is 9.47 Å². The summed E-state index contributed by atoms with van der Waals surface area (Å²) < 4.78 is 11.6. The van der Waals surface area contributed by atoms with E-state index in [1.165, 1.54) is 0 Å². The van der Waals surface area contributed by atoms with Gasteiger partial charge in [-0.3, -0.25) is 9.59 Å². The van der Waals surface area contributed by atoms with E-state index in [0.29, 0.717) is 23.7 Å². The smallest absolute Gasteiger partial charge is 0.320 e. The molecule has 2 aliphatic rings. The molecule has 0 aliphatic heterocycles. The highest BCUT2D eigenvalue weighted by atomic mass is 16.6. The molecule has 0 saturated heterocycles. The molecule has 4 heteroatoms. The van der Waals surface area contributed by atoms with E-state index >= 15 is 0 Å². The van der Waals surface area contributed by atoms with Crippen molar-refractivity contribution >= 4 is 11.9 Å². The van der Waals surface area contributed by atoms with Gasteiger partial charge in [0.25, 0.3) is 0 Å². The van der Waals surface area contributed by atoms with Gasteiger partial charge in [-0.05, 0) is 95.8 Å². The summed E-state index contributed by atoms with van der Waals surface area (Å²) >= 11 is 0. The van der Waals surface area contributed by atoms with Crippen LogP contribution in [0.1, 0.15) is 99.8 Å². The predicted octanol–water partition coefficient (Wildman–Crippen LogP) is 5.92. The van der Waals surface area contributed by atoms with Crippen molar-refractivity contribution in [3.8, 4) is 0 Å². The molecule has 0 N–H and O–H groups in total. The lowest BCUT2D eigenvalue weighted by molar-refractivity contribution is -0.181. The molecule has 28 heavy (non-hydrogen) atoms. The second-order valence-electron chi connectivity index (χ2n) is 10.6. The SMILES string of the molecule is CC(C(=O)OC1(C)CCC(C(C)C)CC1)C(=O)OC1(C)CCC(C(C)C)CC1. The van der Waals surface area contributed by atoms with Crippen LogP contribution in [0.4, 0.5) is 0 Å². The van der Waals surface area contributed by atoms with Gasteiger partial charge in [-0.15, -0.1) is 0 Å². The van der Waals surface area contributed by atoms with E-state index in [-0.39, 0.29) is 0 Å². The fraction of sp³-hybridized carbons (Fsp3) is 0.917. The summed E-state index contributed by atoms with van der Waals surface area (Å²) in [7, 11) is 0. The largest absolute Gasteiger partial charge is 0.459 e. The van der Waals surface area contributed by atoms with E-state index < -0.39 is 29.1 Å². The standard InChI is InChI=1S/C24H42O4/c1-16(2)19-8-12-23(6,13-9-19)27-21(25)18(5)22(26)28-24(7)14-10-20(11-15-24)17(3)4/h16-20H,8-15H2,1-7H3. The molecule has 2 saturated carbocycles. The normalized spacial score (nSPS) is 34.9. The van der Waals surface area contributed by atoms with Crippen LogP contribution in [-0.2, 0) is 19.1 Å². The van der Waals surface area contributed by atoms with Crippen LogP contribution in [0.15, 0.2) is 0 Å². The average molecular weight is 395 g/mol. The van der Waals surface area contributed by atoms with Crippen LogP contribution in [0.3, 0.4) is 0 Å². The molecule has 0 spiro atoms. The Bertz CT molecular complexity index is 487. The van der Waals surface area contributed by atoms with Crippen molar-refractivity contribution in [2.45, 2.75) is 111 Å². The van der Waals surface area contributed by atoms with Crippen molar-refractivity contribution in [2.24, 2.45) is 29.6 Å². The first-order valence-corrected chi connectivity index (χ1v) is 11.4. The molecule has 2 fully saturated rings. The van der Waals surface area contributed by atoms with E-state index in [1.807, 2.05) is 13.8 Å². The van der Waals surface area contributed by atoms with Gasteiger partial charge in [-0.2, -0.15) is 0 Å². The number of rotatable bonds is 6. The number of carbonyl (C=O) groups excluding carboxylic acids is 2. The fourth-order valence-corrected chi connectivity index (χ4v) is 4.80. The maximum absolute atomic E-state index is 12.6. The molecular weight excluding hydrogens is 352 g/mol. The third-order valence-electron chi connectivity index (χ3n) is 7.46. The predicted molar refractivity (Wildman–Crippen MR) is 112 cm³/mol. The Hall–Kier alpha value is -1.06. The summed E-state index contributed by atoms with van der Waals surface area (Å²) in [6, 6.07) is 0. The Kier molecular flexibility index (Phi) is 7.61. The summed E-state index contributed by atoms with van der Waals surface area (Å²) in [6.07, 6.45) is 7.81. The van der Waals surface area contributed by atoms with Gasteiger partial charge in [-0.1, -0.05) is 27.7 Å². The van der Waals surface area contributed by atoms with Crippen LogP contribution in [0.5, 0.6) is 0 Å². The van der Waals surface area contributed by atoms with Crippen LogP contribution in [0.2, 0.25) is 0 Å². The minimum Gasteiger partial charge on any atom is -0.459 e. The number of hydrogen-bond acceptors (Lipinski definition) is 4. The zero-order chi connectivity index (χ0) is 21.1. The first-order valence-electron chi connectivity index (χ1n) is 11.4. The quantitative estimate of drug-likeness (QED) is 0.414. The van der Waals surface area contributed by atoms with Gasteiger partial charge in [0, 0.05) is 0 Å². The summed E-state index contributed by atoms with van der Waals surface area (Å²) in [5.74, 6) is 1.01. The molecule has 0 aromatic rings. The molecule has 0 heterocycles. The highest BCUT2D eigenvalue weighted by Crippen LogP contribution is 2.40. The monoisotopic (exact) mass is 394 g/mol. The lowest BCUT2D eigenvalue weighted by atomic mass is 9.75. The second-order valence-corrected chi connectivity index (χ2v) is 10.6. The molecule has 2 rings (SSSR count). The topological polar surface area (TPSA) is 52.6 Å². The average Bonchev–Trinajstić information content (AvgIpc) is 2.61. The minimum absolute atomic E-state index is 0.435. The van der Waals surface area contributed by atoms with E-state index in [2.05, 4.69) is 27.7 Å². The van der Waals surface area contributed by atoms with Crippen LogP contribution in [0, 0.1) is 29.6 Å². The molecule has 0 amide bonds. The number of esters is 2. The zero-order valence-electron chi connectivity index (χ0n) is 19.2. The molecule has 0 aromatic carbocycles. The highest BCUT2D eigenvalue weighted by molar-refractivity contribution is 5.94. The van der Waals surface area contributed by atoms with Crippen molar-refractivity contribution in [3.63, 3.8) is 0 Å². The van der Waals surface area contributed by atoms with Crippen molar-refractivity contribution < 1.29 is 19.1 Å². The Labute approximate surface area is 172 Å². The van der Waals surface area contributed by atoms with Gasteiger partial charge in [0.05, 0.1) is 0 Å². The van der Waals surface area contributed by atoms with Gasteiger partial charge in [0.1, 0.15) is 11.2 Å². The van der Waals surface area contributed by atoms with Gasteiger partial charge < -0.3 is 9.47 Å². The lowest BCUT2D eigenvalue weighted by Gasteiger charge is -2.40. The van der Waals surface area contributed by atoms with E-state index in [9.17, 15) is 9.59 Å². The minimum atomic E-state index is -0.862. The molecule has 2 aliphatic carbocycles. The Morgan fingerprint density at radius 2 is 0.964 bits per heavy atom. The maximum Gasteiger partial charge on any atom is 0.320 e. The lowest BCUT2D eigenvalue weighted by Crippen LogP contribution is -2.42. The summed E-state index contributed by atoms with van der Waals surface area (Å²) in [6.45, 7) is 14.7. The third-order valence-corrected chi connectivity index (χ3v) is 7.46. The van der Waals surface area contributed by atoms with Gasteiger partial charge in [0.15, 0.2) is 5.92 Å². The Balaban J connectivity index is 1.85. The third kappa shape index (κ3) is 5.97. The van der Waals surface area contributed by atoms with Gasteiger partial charge in [-0.25, -0.2) is 0 Å². The Morgan fingerprint density at radius 1 is 0.679 bits per heavy atom. The van der Waals surface area contributed by atoms with Crippen LogP contribution in [-0.4, -0.2) is 23.1 Å². The molecule has 0 unspecified atom stereocenters. The molecule has 4 nitrogen and oxygen atoms in total. The fourth-order valence-electron chi connectivity index (χ4n) is 4.80. The summed E-state index contributed by atoms with van der Waals surface area (Å²) in [5.41, 5.74) is -0.896. The highest BCUT2D eigenvalue weighted by Gasteiger charge is 2.40. The van der Waals surface area contributed by atoms with Crippen molar-refractivity contribution in [1.29, 1.82) is 0 Å². The zero-order valence-corrected chi connectivity index (χ0v) is 19.2. The van der Waals surface area contributed by atoms with Gasteiger partial charge in [0.2, 0.25) is 0 Å². The van der Waals surface area contributed by atoms with Crippen LogP contribution in [0.25, 0.3) is 0 Å². The van der Waals surface area contributed by atoms with E-state index in [0.717, 1.165) is 51.4 Å². The first-order chi connectivity index (χ1) is 12.9. The molecule has 0 atom stereocenters. The summed E-state index contributed by atoms with van der Waals surface area (Å²) in [4.78, 5) is 25.3. The van der Waals surface area contributed by atoms with Crippen LogP contribution >= 0.6 is 0 Å². The Morgan fingerprint density at radius 3 is 1.21 bits per heavy atom. The van der Waals surface area contributed by atoms with Crippen molar-refractivity contribution in [2.75, 3.05) is 0 Å². The van der Waals surface area contributed by atoms with E-state index in [1.54, 1.807) is 6.92 Å². The molecule has 0 radical (unpaired) electrons. The maximum atomic E-state index is 12.6. The number of carbonyl (C=O) groups is 2.